The van der Waals surface area contributed by atoms with Crippen molar-refractivity contribution in [1.82, 2.24) is 14.8 Å². The fourth-order valence-electron chi connectivity index (χ4n) is 2.95. The number of pyridine rings is 1. The van der Waals surface area contributed by atoms with E-state index in [1.54, 1.807) is 6.20 Å². The Morgan fingerprint density at radius 3 is 2.71 bits per heavy atom. The van der Waals surface area contributed by atoms with Gasteiger partial charge in [0.25, 0.3) is 5.91 Å². The van der Waals surface area contributed by atoms with Crippen LogP contribution >= 0.6 is 0 Å². The summed E-state index contributed by atoms with van der Waals surface area (Å²) in [5.74, 6) is 0.914. The van der Waals surface area contributed by atoms with Crippen LogP contribution in [0.15, 0.2) is 18.3 Å². The Hall–Kier alpha value is -1.62. The first-order chi connectivity index (χ1) is 10.2. The molecule has 1 saturated heterocycles. The summed E-state index contributed by atoms with van der Waals surface area (Å²) in [6.45, 7) is 11.0. The molecule has 0 saturated carbocycles. The summed E-state index contributed by atoms with van der Waals surface area (Å²) in [6, 6.07) is 4.23. The lowest BCUT2D eigenvalue weighted by Gasteiger charge is -2.26. The van der Waals surface area contributed by atoms with Gasteiger partial charge >= 0.3 is 0 Å². The Morgan fingerprint density at radius 1 is 1.38 bits per heavy atom. The second-order valence-corrected chi connectivity index (χ2v) is 5.38. The Kier molecular flexibility index (Phi) is 5.56. The normalized spacial score (nSPS) is 18.3. The maximum absolute atomic E-state index is 12.5. The van der Waals surface area contributed by atoms with Gasteiger partial charge in [0, 0.05) is 31.9 Å². The Morgan fingerprint density at radius 2 is 2.14 bits per heavy atom. The molecule has 1 aliphatic heterocycles. The first kappa shape index (κ1) is 15.8. The van der Waals surface area contributed by atoms with Gasteiger partial charge in [0.15, 0.2) is 0 Å². The van der Waals surface area contributed by atoms with E-state index in [0.29, 0.717) is 11.6 Å². The van der Waals surface area contributed by atoms with Crippen LogP contribution in [-0.2, 0) is 0 Å². The second-order valence-electron chi connectivity index (χ2n) is 5.38. The molecule has 0 bridgehead atoms. The third kappa shape index (κ3) is 3.73. The molecule has 0 aromatic carbocycles. The highest BCUT2D eigenvalue weighted by molar-refractivity contribution is 5.94. The number of likely N-dealkylation sites (N-methyl/N-ethyl adjacent to an activating group) is 1. The Balaban J connectivity index is 1.97. The van der Waals surface area contributed by atoms with Gasteiger partial charge in [0.2, 0.25) is 0 Å². The minimum atomic E-state index is 0.0974. The number of aromatic nitrogens is 1. The second kappa shape index (κ2) is 7.41. The van der Waals surface area contributed by atoms with Crippen molar-refractivity contribution in [2.45, 2.75) is 33.2 Å². The van der Waals surface area contributed by atoms with Crippen LogP contribution in [0.4, 0.5) is 5.82 Å². The van der Waals surface area contributed by atoms with Gasteiger partial charge in [0.05, 0.1) is 5.56 Å². The fourth-order valence-corrected chi connectivity index (χ4v) is 2.95. The molecule has 1 unspecified atom stereocenters. The van der Waals surface area contributed by atoms with Gasteiger partial charge in [-0.15, -0.1) is 0 Å². The zero-order chi connectivity index (χ0) is 15.2. The highest BCUT2D eigenvalue weighted by Crippen LogP contribution is 2.18. The summed E-state index contributed by atoms with van der Waals surface area (Å²) >= 11 is 0. The molecule has 0 radical (unpaired) electrons. The number of anilines is 1. The van der Waals surface area contributed by atoms with Gasteiger partial charge in [-0.3, -0.25) is 9.69 Å². The van der Waals surface area contributed by atoms with Crippen molar-refractivity contribution < 1.29 is 4.79 Å². The molecular formula is C16H26N4O. The lowest BCUT2D eigenvalue weighted by atomic mass is 10.2. The third-order valence-electron chi connectivity index (χ3n) is 4.15. The van der Waals surface area contributed by atoms with Crippen molar-refractivity contribution in [1.29, 1.82) is 0 Å². The van der Waals surface area contributed by atoms with Crippen LogP contribution in [0.1, 0.15) is 37.6 Å². The third-order valence-corrected chi connectivity index (χ3v) is 4.15. The first-order valence-electron chi connectivity index (χ1n) is 7.92. The number of rotatable bonds is 6. The molecule has 0 aliphatic carbocycles. The van der Waals surface area contributed by atoms with E-state index >= 15 is 0 Å². The van der Waals surface area contributed by atoms with Gasteiger partial charge in [-0.2, -0.15) is 0 Å². The molecule has 1 amide bonds. The molecule has 21 heavy (non-hydrogen) atoms. The van der Waals surface area contributed by atoms with Crippen molar-refractivity contribution in [3.05, 3.63) is 23.9 Å². The van der Waals surface area contributed by atoms with Gasteiger partial charge in [-0.05, 0) is 38.6 Å². The minimum Gasteiger partial charge on any atom is -0.370 e. The maximum Gasteiger partial charge on any atom is 0.255 e. The van der Waals surface area contributed by atoms with E-state index in [-0.39, 0.29) is 5.91 Å². The topological polar surface area (TPSA) is 48.5 Å². The number of amides is 1. The summed E-state index contributed by atoms with van der Waals surface area (Å²) in [4.78, 5) is 21.2. The summed E-state index contributed by atoms with van der Waals surface area (Å²) in [6.07, 6.45) is 2.74. The number of likely N-dealkylation sites (tertiary alicyclic amines) is 1. The van der Waals surface area contributed by atoms with Gasteiger partial charge in [-0.1, -0.05) is 13.8 Å². The lowest BCUT2D eigenvalue weighted by Crippen LogP contribution is -2.38. The van der Waals surface area contributed by atoms with Crippen LogP contribution in [-0.4, -0.2) is 59.5 Å². The minimum absolute atomic E-state index is 0.0974. The average Bonchev–Trinajstić information content (AvgIpc) is 2.99. The molecule has 1 aliphatic rings. The van der Waals surface area contributed by atoms with Gasteiger partial charge in [-0.25, -0.2) is 4.98 Å². The van der Waals surface area contributed by atoms with Crippen LogP contribution in [0.2, 0.25) is 0 Å². The number of hydrogen-bond donors (Lipinski definition) is 1. The average molecular weight is 290 g/mol. The number of carbonyl (C=O) groups excluding carboxylic acids is 1. The smallest absolute Gasteiger partial charge is 0.255 e. The monoisotopic (exact) mass is 290 g/mol. The molecule has 1 aromatic heterocycles. The SMILES string of the molecule is CCNc1ccc(C(=O)N2CCC(N(CC)CC)C2)cn1. The van der Waals surface area contributed by atoms with E-state index in [2.05, 4.69) is 29.0 Å². The predicted molar refractivity (Wildman–Crippen MR) is 85.6 cm³/mol. The number of nitrogens with one attached hydrogen (secondary N) is 1. The van der Waals surface area contributed by atoms with E-state index in [1.807, 2.05) is 24.0 Å². The van der Waals surface area contributed by atoms with Gasteiger partial charge in [0.1, 0.15) is 5.82 Å². The molecule has 2 rings (SSSR count). The maximum atomic E-state index is 12.5. The number of hydrogen-bond acceptors (Lipinski definition) is 4. The summed E-state index contributed by atoms with van der Waals surface area (Å²) < 4.78 is 0. The van der Waals surface area contributed by atoms with Crippen molar-refractivity contribution in [3.63, 3.8) is 0 Å². The van der Waals surface area contributed by atoms with E-state index in [9.17, 15) is 4.79 Å². The standard InChI is InChI=1S/C16H26N4O/c1-4-17-15-8-7-13(11-18-15)16(21)20-10-9-14(12-20)19(5-2)6-3/h7-8,11,14H,4-6,9-10,12H2,1-3H3,(H,17,18). The molecule has 1 atom stereocenters. The molecule has 2 heterocycles. The van der Waals surface area contributed by atoms with Crippen molar-refractivity contribution in [2.24, 2.45) is 0 Å². The van der Waals surface area contributed by atoms with Crippen LogP contribution < -0.4 is 5.32 Å². The largest absolute Gasteiger partial charge is 0.370 e. The molecular weight excluding hydrogens is 264 g/mol. The Labute approximate surface area is 127 Å². The molecule has 1 aromatic rings. The van der Waals surface area contributed by atoms with E-state index in [0.717, 1.165) is 45.0 Å². The van der Waals surface area contributed by atoms with E-state index in [1.165, 1.54) is 0 Å². The number of carbonyl (C=O) groups is 1. The molecule has 0 spiro atoms. The highest BCUT2D eigenvalue weighted by Gasteiger charge is 2.29. The molecule has 1 fully saturated rings. The first-order valence-corrected chi connectivity index (χ1v) is 7.92. The summed E-state index contributed by atoms with van der Waals surface area (Å²) in [5.41, 5.74) is 0.678. The quantitative estimate of drug-likeness (QED) is 0.871. The molecule has 116 valence electrons. The lowest BCUT2D eigenvalue weighted by molar-refractivity contribution is 0.0777. The molecule has 1 N–H and O–H groups in total. The zero-order valence-electron chi connectivity index (χ0n) is 13.3. The van der Waals surface area contributed by atoms with Crippen molar-refractivity contribution in [3.8, 4) is 0 Å². The summed E-state index contributed by atoms with van der Waals surface area (Å²) in [5, 5.41) is 3.14. The fraction of sp³-hybridized carbons (Fsp3) is 0.625. The zero-order valence-corrected chi connectivity index (χ0v) is 13.3. The molecule has 5 heteroatoms. The van der Waals surface area contributed by atoms with E-state index in [4.69, 9.17) is 0 Å². The van der Waals surface area contributed by atoms with E-state index < -0.39 is 0 Å². The van der Waals surface area contributed by atoms with Crippen molar-refractivity contribution in [2.75, 3.05) is 38.0 Å². The van der Waals surface area contributed by atoms with Crippen LogP contribution in [0.3, 0.4) is 0 Å². The summed E-state index contributed by atoms with van der Waals surface area (Å²) in [7, 11) is 0. The van der Waals surface area contributed by atoms with Crippen molar-refractivity contribution >= 4 is 11.7 Å². The predicted octanol–water partition coefficient (Wildman–Crippen LogP) is 2.07. The van der Waals surface area contributed by atoms with Crippen LogP contribution in [0.5, 0.6) is 0 Å². The van der Waals surface area contributed by atoms with Gasteiger partial charge < -0.3 is 10.2 Å². The van der Waals surface area contributed by atoms with Crippen LogP contribution in [0, 0.1) is 0 Å². The number of nitrogens with zero attached hydrogens (tertiary/aromatic N) is 3. The Bertz CT molecular complexity index is 456. The van der Waals surface area contributed by atoms with Crippen LogP contribution in [0.25, 0.3) is 0 Å². The highest BCUT2D eigenvalue weighted by atomic mass is 16.2. The molecule has 5 nitrogen and oxygen atoms in total.